The average molecular weight is 311 g/mol. The number of carbonyl (C=O) groups excluding carboxylic acids is 1. The second-order valence-electron chi connectivity index (χ2n) is 3.88. The molecule has 5 nitrogen and oxygen atoms in total. The van der Waals surface area contributed by atoms with E-state index >= 15 is 0 Å². The number of benzene rings is 2. The van der Waals surface area contributed by atoms with Crippen LogP contribution in [-0.2, 0) is 0 Å². The first-order valence-electron chi connectivity index (χ1n) is 5.48. The van der Waals surface area contributed by atoms with Crippen LogP contribution in [0.25, 0.3) is 0 Å². The number of hydrogen-bond donors (Lipinski definition) is 1. The van der Waals surface area contributed by atoms with E-state index in [1.807, 2.05) is 0 Å². The van der Waals surface area contributed by atoms with E-state index in [1.165, 1.54) is 30.3 Å². The quantitative estimate of drug-likeness (QED) is 0.683. The molecular weight excluding hydrogens is 303 g/mol. The fourth-order valence-corrected chi connectivity index (χ4v) is 1.85. The molecule has 0 heterocycles. The number of rotatable bonds is 3. The number of carbonyl (C=O) groups is 1. The van der Waals surface area contributed by atoms with Crippen LogP contribution in [0.3, 0.4) is 0 Å². The summed E-state index contributed by atoms with van der Waals surface area (Å²) in [4.78, 5) is 22.3. The Morgan fingerprint density at radius 2 is 1.65 bits per heavy atom. The molecule has 0 unspecified atom stereocenters. The molecule has 7 heteroatoms. The molecule has 0 aromatic heterocycles. The molecule has 0 atom stereocenters. The largest absolute Gasteiger partial charge is 0.316 e. The Kier molecular flexibility index (Phi) is 4.22. The lowest BCUT2D eigenvalue weighted by Crippen LogP contribution is -2.12. The highest BCUT2D eigenvalue weighted by molar-refractivity contribution is 6.31. The summed E-state index contributed by atoms with van der Waals surface area (Å²) >= 11 is 11.4. The SMILES string of the molecule is O=C(Nc1ccc(Cl)cc1[N+](=O)[O-])c1ccc(Cl)cc1. The van der Waals surface area contributed by atoms with Gasteiger partial charge in [0.2, 0.25) is 0 Å². The molecule has 0 saturated heterocycles. The summed E-state index contributed by atoms with van der Waals surface area (Å²) in [5.74, 6) is -0.466. The van der Waals surface area contributed by atoms with Crippen molar-refractivity contribution in [2.24, 2.45) is 0 Å². The molecule has 0 radical (unpaired) electrons. The van der Waals surface area contributed by atoms with Crippen LogP contribution in [-0.4, -0.2) is 10.8 Å². The van der Waals surface area contributed by atoms with Crippen LogP contribution in [0.1, 0.15) is 10.4 Å². The number of halogens is 2. The number of anilines is 1. The van der Waals surface area contributed by atoms with E-state index in [1.54, 1.807) is 12.1 Å². The van der Waals surface area contributed by atoms with Gasteiger partial charge in [-0.1, -0.05) is 23.2 Å². The Labute approximate surface area is 124 Å². The predicted molar refractivity (Wildman–Crippen MR) is 77.5 cm³/mol. The van der Waals surface area contributed by atoms with Crippen LogP contribution in [0.4, 0.5) is 11.4 Å². The number of nitrogens with zero attached hydrogens (tertiary/aromatic N) is 1. The highest BCUT2D eigenvalue weighted by atomic mass is 35.5. The van der Waals surface area contributed by atoms with Crippen LogP contribution in [0.15, 0.2) is 42.5 Å². The van der Waals surface area contributed by atoms with Crippen LogP contribution in [0.2, 0.25) is 10.0 Å². The van der Waals surface area contributed by atoms with Crippen LogP contribution in [0.5, 0.6) is 0 Å². The highest BCUT2D eigenvalue weighted by Crippen LogP contribution is 2.28. The second kappa shape index (κ2) is 5.90. The number of amides is 1. The Balaban J connectivity index is 2.28. The van der Waals surface area contributed by atoms with Crippen molar-refractivity contribution >= 4 is 40.5 Å². The predicted octanol–water partition coefficient (Wildman–Crippen LogP) is 4.15. The van der Waals surface area contributed by atoms with Gasteiger partial charge in [0.1, 0.15) is 5.69 Å². The molecule has 1 N–H and O–H groups in total. The third kappa shape index (κ3) is 3.26. The first-order chi connectivity index (χ1) is 9.47. The molecule has 0 aliphatic heterocycles. The number of nitrogens with one attached hydrogen (secondary N) is 1. The van der Waals surface area contributed by atoms with Crippen LogP contribution in [0, 0.1) is 10.1 Å². The third-order valence-corrected chi connectivity index (χ3v) is 3.00. The minimum Gasteiger partial charge on any atom is -0.316 e. The van der Waals surface area contributed by atoms with Gasteiger partial charge in [0.15, 0.2) is 0 Å². The lowest BCUT2D eigenvalue weighted by molar-refractivity contribution is -0.383. The van der Waals surface area contributed by atoms with Gasteiger partial charge < -0.3 is 5.32 Å². The molecule has 0 saturated carbocycles. The van der Waals surface area contributed by atoms with Crippen LogP contribution < -0.4 is 5.32 Å². The first kappa shape index (κ1) is 14.3. The average Bonchev–Trinajstić information content (AvgIpc) is 2.41. The molecule has 0 bridgehead atoms. The van der Waals surface area contributed by atoms with Gasteiger partial charge in [-0.15, -0.1) is 0 Å². The number of hydrogen-bond acceptors (Lipinski definition) is 3. The standard InChI is InChI=1S/C13H8Cl2N2O3/c14-9-3-1-8(2-4-9)13(18)16-11-6-5-10(15)7-12(11)17(19)20/h1-7H,(H,16,18). The van der Waals surface area contributed by atoms with Crippen molar-refractivity contribution in [2.45, 2.75) is 0 Å². The summed E-state index contributed by atoms with van der Waals surface area (Å²) < 4.78 is 0. The zero-order valence-corrected chi connectivity index (χ0v) is 11.5. The van der Waals surface area contributed by atoms with Crippen molar-refractivity contribution in [1.82, 2.24) is 0 Å². The second-order valence-corrected chi connectivity index (χ2v) is 4.75. The zero-order valence-electron chi connectivity index (χ0n) is 9.97. The summed E-state index contributed by atoms with van der Waals surface area (Å²) in [6.45, 7) is 0. The first-order valence-corrected chi connectivity index (χ1v) is 6.24. The summed E-state index contributed by atoms with van der Waals surface area (Å²) in [5, 5.41) is 14.1. The van der Waals surface area contributed by atoms with Gasteiger partial charge in [-0.3, -0.25) is 14.9 Å². The summed E-state index contributed by atoms with van der Waals surface area (Å²) in [6.07, 6.45) is 0. The van der Waals surface area contributed by atoms with Crippen molar-refractivity contribution < 1.29 is 9.72 Å². The fourth-order valence-electron chi connectivity index (χ4n) is 1.56. The van der Waals surface area contributed by atoms with Gasteiger partial charge in [-0.05, 0) is 36.4 Å². The van der Waals surface area contributed by atoms with E-state index in [0.717, 1.165) is 0 Å². The van der Waals surface area contributed by atoms with E-state index in [4.69, 9.17) is 23.2 Å². The van der Waals surface area contributed by atoms with Crippen molar-refractivity contribution in [3.05, 3.63) is 68.2 Å². The van der Waals surface area contributed by atoms with Crippen LogP contribution >= 0.6 is 23.2 Å². The number of nitro groups is 1. The topological polar surface area (TPSA) is 72.2 Å². The molecular formula is C13H8Cl2N2O3. The lowest BCUT2D eigenvalue weighted by Gasteiger charge is -2.06. The monoisotopic (exact) mass is 310 g/mol. The minimum absolute atomic E-state index is 0.0827. The molecule has 0 spiro atoms. The van der Waals surface area contributed by atoms with Gasteiger partial charge in [0.25, 0.3) is 11.6 Å². The Bertz CT molecular complexity index is 672. The van der Waals surface area contributed by atoms with E-state index < -0.39 is 10.8 Å². The maximum Gasteiger partial charge on any atom is 0.294 e. The lowest BCUT2D eigenvalue weighted by atomic mass is 10.2. The third-order valence-electron chi connectivity index (χ3n) is 2.51. The van der Waals surface area contributed by atoms with Gasteiger partial charge in [0.05, 0.1) is 4.92 Å². The molecule has 1 amide bonds. The molecule has 0 fully saturated rings. The van der Waals surface area contributed by atoms with Crippen molar-refractivity contribution in [1.29, 1.82) is 0 Å². The van der Waals surface area contributed by atoms with Gasteiger partial charge >= 0.3 is 0 Å². The van der Waals surface area contributed by atoms with Crippen molar-refractivity contribution in [2.75, 3.05) is 5.32 Å². The van der Waals surface area contributed by atoms with Crippen molar-refractivity contribution in [3.8, 4) is 0 Å². The summed E-state index contributed by atoms with van der Waals surface area (Å²) in [6, 6.07) is 10.2. The highest BCUT2D eigenvalue weighted by Gasteiger charge is 2.17. The Morgan fingerprint density at radius 3 is 2.25 bits per heavy atom. The van der Waals surface area contributed by atoms with Gasteiger partial charge in [-0.2, -0.15) is 0 Å². The molecule has 0 aliphatic rings. The molecule has 2 aromatic rings. The molecule has 102 valence electrons. The Morgan fingerprint density at radius 1 is 1.05 bits per heavy atom. The van der Waals surface area contributed by atoms with E-state index in [2.05, 4.69) is 5.32 Å². The maximum absolute atomic E-state index is 12.0. The van der Waals surface area contributed by atoms with E-state index in [-0.39, 0.29) is 16.4 Å². The number of nitro benzene ring substituents is 1. The Hall–Kier alpha value is -2.11. The minimum atomic E-state index is -0.608. The maximum atomic E-state index is 12.0. The van der Waals surface area contributed by atoms with Crippen molar-refractivity contribution in [3.63, 3.8) is 0 Å². The molecule has 2 aromatic carbocycles. The smallest absolute Gasteiger partial charge is 0.294 e. The molecule has 20 heavy (non-hydrogen) atoms. The zero-order chi connectivity index (χ0) is 14.7. The van der Waals surface area contributed by atoms with Gasteiger partial charge in [0, 0.05) is 21.7 Å². The van der Waals surface area contributed by atoms with Gasteiger partial charge in [-0.25, -0.2) is 0 Å². The summed E-state index contributed by atoms with van der Waals surface area (Å²) in [5.41, 5.74) is 0.165. The summed E-state index contributed by atoms with van der Waals surface area (Å²) in [7, 11) is 0. The normalized spacial score (nSPS) is 10.1. The van der Waals surface area contributed by atoms with E-state index in [0.29, 0.717) is 10.6 Å². The molecule has 0 aliphatic carbocycles. The fraction of sp³-hybridized carbons (Fsp3) is 0. The van der Waals surface area contributed by atoms with E-state index in [9.17, 15) is 14.9 Å². The molecule has 2 rings (SSSR count).